The van der Waals surface area contributed by atoms with Crippen molar-refractivity contribution in [1.29, 1.82) is 0 Å². The zero-order chi connectivity index (χ0) is 22.9. The van der Waals surface area contributed by atoms with Crippen molar-refractivity contribution < 1.29 is 27.5 Å². The number of hydrogen-bond donors (Lipinski definition) is 1. The summed E-state index contributed by atoms with van der Waals surface area (Å²) in [5.41, 5.74) is 0.685. The molecule has 0 radical (unpaired) electrons. The van der Waals surface area contributed by atoms with Crippen LogP contribution >= 0.6 is 27.3 Å². The Kier molecular flexibility index (Phi) is 6.13. The van der Waals surface area contributed by atoms with Gasteiger partial charge in [-0.25, -0.2) is 13.2 Å². The average Bonchev–Trinajstić information content (AvgIpc) is 3.32. The van der Waals surface area contributed by atoms with Crippen LogP contribution in [0.1, 0.15) is 31.1 Å². The lowest BCUT2D eigenvalue weighted by molar-refractivity contribution is 0.0421. The summed E-state index contributed by atoms with van der Waals surface area (Å²) in [6.07, 6.45) is 0. The van der Waals surface area contributed by atoms with Gasteiger partial charge in [0.25, 0.3) is 21.8 Å². The van der Waals surface area contributed by atoms with Gasteiger partial charge < -0.3 is 4.74 Å². The van der Waals surface area contributed by atoms with Crippen molar-refractivity contribution in [2.24, 2.45) is 0 Å². The number of imide groups is 1. The summed E-state index contributed by atoms with van der Waals surface area (Å²) < 4.78 is 33.6. The maximum absolute atomic E-state index is 12.6. The van der Waals surface area contributed by atoms with Crippen LogP contribution in [0.25, 0.3) is 0 Å². The summed E-state index contributed by atoms with van der Waals surface area (Å²) >= 11 is 4.25. The number of fused-ring (bicyclic) bond motifs is 1. The first-order chi connectivity index (χ1) is 15.3. The van der Waals surface area contributed by atoms with Gasteiger partial charge in [0, 0.05) is 0 Å². The van der Waals surface area contributed by atoms with E-state index < -0.39 is 27.8 Å². The molecule has 0 saturated carbocycles. The third-order valence-corrected chi connectivity index (χ3v) is 8.11. The molecule has 0 spiro atoms. The number of para-hydroxylation sites is 1. The molecule has 2 heterocycles. The predicted molar refractivity (Wildman–Crippen MR) is 121 cm³/mol. The summed E-state index contributed by atoms with van der Waals surface area (Å²) in [6, 6.07) is 15.5. The highest BCUT2D eigenvalue weighted by Gasteiger charge is 2.35. The van der Waals surface area contributed by atoms with Crippen LogP contribution < -0.4 is 4.72 Å². The van der Waals surface area contributed by atoms with Gasteiger partial charge in [-0.05, 0) is 52.3 Å². The number of ether oxygens (including phenoxy) is 1. The van der Waals surface area contributed by atoms with E-state index in [4.69, 9.17) is 4.74 Å². The zero-order valence-corrected chi connectivity index (χ0v) is 19.5. The first kappa shape index (κ1) is 22.2. The molecule has 164 valence electrons. The van der Waals surface area contributed by atoms with Gasteiger partial charge in [-0.15, -0.1) is 11.3 Å². The second kappa shape index (κ2) is 8.85. The van der Waals surface area contributed by atoms with Crippen LogP contribution in [0.2, 0.25) is 0 Å². The number of halogens is 1. The first-order valence-corrected chi connectivity index (χ1v) is 12.4. The fourth-order valence-electron chi connectivity index (χ4n) is 3.14. The molecule has 0 aliphatic carbocycles. The number of carbonyl (C=O) groups excluding carboxylic acids is 3. The number of amides is 2. The monoisotopic (exact) mass is 534 g/mol. The predicted octanol–water partition coefficient (Wildman–Crippen LogP) is 3.76. The molecule has 1 N–H and O–H groups in total. The molecule has 0 fully saturated rings. The molecular formula is C21H15BrN2O6S2. The zero-order valence-electron chi connectivity index (χ0n) is 16.3. The largest absolute Gasteiger partial charge is 0.460 e. The number of rotatable bonds is 7. The minimum Gasteiger partial charge on any atom is -0.460 e. The molecule has 0 saturated heterocycles. The summed E-state index contributed by atoms with van der Waals surface area (Å²) in [6.45, 7) is -0.349. The van der Waals surface area contributed by atoms with Crippen molar-refractivity contribution in [3.8, 4) is 0 Å². The van der Waals surface area contributed by atoms with Crippen LogP contribution in [0.5, 0.6) is 0 Å². The maximum atomic E-state index is 12.6. The van der Waals surface area contributed by atoms with E-state index in [-0.39, 0.29) is 28.6 Å². The molecule has 1 aromatic heterocycles. The number of anilines is 1. The molecule has 0 bridgehead atoms. The lowest BCUT2D eigenvalue weighted by atomic mass is 10.1. The topological polar surface area (TPSA) is 110 Å². The summed E-state index contributed by atoms with van der Waals surface area (Å²) in [4.78, 5) is 38.4. The van der Waals surface area contributed by atoms with Crippen LogP contribution in [0.15, 0.2) is 68.7 Å². The highest BCUT2D eigenvalue weighted by Crippen LogP contribution is 2.29. The van der Waals surface area contributed by atoms with Gasteiger partial charge >= 0.3 is 5.97 Å². The van der Waals surface area contributed by atoms with E-state index in [0.29, 0.717) is 14.9 Å². The molecule has 2 aromatic carbocycles. The fraction of sp³-hybridized carbons (Fsp3) is 0.0952. The Balaban J connectivity index is 1.43. The highest BCUT2D eigenvalue weighted by molar-refractivity contribution is 9.11. The van der Waals surface area contributed by atoms with Gasteiger partial charge in [0.05, 0.1) is 32.7 Å². The molecule has 4 rings (SSSR count). The van der Waals surface area contributed by atoms with Crippen LogP contribution in [-0.2, 0) is 14.8 Å². The summed E-state index contributed by atoms with van der Waals surface area (Å²) in [5, 5.41) is 0. The lowest BCUT2D eigenvalue weighted by Crippen LogP contribution is -2.33. The van der Waals surface area contributed by atoms with E-state index in [2.05, 4.69) is 20.7 Å². The fourth-order valence-corrected chi connectivity index (χ4v) is 6.23. The maximum Gasteiger partial charge on any atom is 0.340 e. The minimum absolute atomic E-state index is 0.00839. The smallest absolute Gasteiger partial charge is 0.340 e. The van der Waals surface area contributed by atoms with Gasteiger partial charge in [0.15, 0.2) is 0 Å². The quantitative estimate of drug-likeness (QED) is 0.365. The molecule has 11 heteroatoms. The molecular weight excluding hydrogens is 520 g/mol. The number of sulfonamides is 1. The number of hydrogen-bond acceptors (Lipinski definition) is 7. The van der Waals surface area contributed by atoms with Crippen molar-refractivity contribution in [3.05, 3.63) is 81.1 Å². The Hall–Kier alpha value is -3.02. The number of nitrogens with zero attached hydrogens (tertiary/aromatic N) is 1. The van der Waals surface area contributed by atoms with Gasteiger partial charge in [-0.2, -0.15) is 0 Å². The molecule has 1 aliphatic heterocycles. The van der Waals surface area contributed by atoms with Crippen LogP contribution in [0, 0.1) is 0 Å². The number of thiophene rings is 1. The Labute approximate surface area is 196 Å². The number of benzene rings is 2. The van der Waals surface area contributed by atoms with Gasteiger partial charge in [0.2, 0.25) is 0 Å². The number of esters is 1. The van der Waals surface area contributed by atoms with Crippen molar-refractivity contribution in [2.45, 2.75) is 4.21 Å². The molecule has 8 nitrogen and oxygen atoms in total. The summed E-state index contributed by atoms with van der Waals surface area (Å²) in [7, 11) is -3.89. The third-order valence-electron chi connectivity index (χ3n) is 4.63. The Bertz CT molecular complexity index is 1300. The molecule has 0 unspecified atom stereocenters. The lowest BCUT2D eigenvalue weighted by Gasteiger charge is -2.15. The van der Waals surface area contributed by atoms with Crippen molar-refractivity contribution >= 4 is 60.8 Å². The van der Waals surface area contributed by atoms with Crippen LogP contribution in [0.3, 0.4) is 0 Å². The van der Waals surface area contributed by atoms with Crippen LogP contribution in [-0.4, -0.2) is 44.3 Å². The Morgan fingerprint density at radius 1 is 0.969 bits per heavy atom. The Morgan fingerprint density at radius 3 is 2.22 bits per heavy atom. The van der Waals surface area contributed by atoms with Crippen molar-refractivity contribution in [1.82, 2.24) is 4.90 Å². The molecule has 1 aliphatic rings. The van der Waals surface area contributed by atoms with E-state index in [1.165, 1.54) is 18.2 Å². The second-order valence-electron chi connectivity index (χ2n) is 6.65. The second-order valence-corrected chi connectivity index (χ2v) is 11.0. The van der Waals surface area contributed by atoms with E-state index in [1.807, 2.05) is 0 Å². The molecule has 2 amide bonds. The minimum atomic E-state index is -3.89. The van der Waals surface area contributed by atoms with Gasteiger partial charge in [-0.1, -0.05) is 24.3 Å². The average molecular weight is 535 g/mol. The number of nitrogens with one attached hydrogen (secondary N) is 1. The molecule has 0 atom stereocenters. The SMILES string of the molecule is O=C(OCCN1C(=O)c2ccccc2C1=O)c1ccccc1NS(=O)(=O)c1ccc(Br)s1. The Morgan fingerprint density at radius 2 is 1.59 bits per heavy atom. The normalized spacial score (nSPS) is 13.2. The van der Waals surface area contributed by atoms with Gasteiger partial charge in [0.1, 0.15) is 10.8 Å². The van der Waals surface area contributed by atoms with E-state index in [9.17, 15) is 22.8 Å². The van der Waals surface area contributed by atoms with Crippen molar-refractivity contribution in [3.63, 3.8) is 0 Å². The first-order valence-electron chi connectivity index (χ1n) is 9.27. The van der Waals surface area contributed by atoms with E-state index in [0.717, 1.165) is 16.2 Å². The van der Waals surface area contributed by atoms with E-state index in [1.54, 1.807) is 42.5 Å². The standard InChI is InChI=1S/C21H15BrN2O6S2/c22-17-9-10-18(31-17)32(28,29)23-16-8-4-3-7-15(16)21(27)30-12-11-24-19(25)13-5-1-2-6-14(13)20(24)26/h1-10,23H,11-12H2. The molecule has 32 heavy (non-hydrogen) atoms. The number of carbonyl (C=O) groups is 3. The summed E-state index contributed by atoms with van der Waals surface area (Å²) in [5.74, 6) is -1.68. The highest BCUT2D eigenvalue weighted by atomic mass is 79.9. The third kappa shape index (κ3) is 4.31. The van der Waals surface area contributed by atoms with E-state index >= 15 is 0 Å². The van der Waals surface area contributed by atoms with Crippen molar-refractivity contribution in [2.75, 3.05) is 17.9 Å². The van der Waals surface area contributed by atoms with Crippen LogP contribution in [0.4, 0.5) is 5.69 Å². The van der Waals surface area contributed by atoms with Gasteiger partial charge in [-0.3, -0.25) is 19.2 Å². The molecule has 3 aromatic rings.